The minimum Gasteiger partial charge on any atom is -0.421 e. The van der Waals surface area contributed by atoms with Crippen molar-refractivity contribution in [2.24, 2.45) is 5.73 Å². The first-order chi connectivity index (χ1) is 9.25. The highest BCUT2D eigenvalue weighted by atomic mass is 35.5. The Labute approximate surface area is 124 Å². The molecule has 5 rings (SSSR count). The van der Waals surface area contributed by atoms with Gasteiger partial charge in [-0.1, -0.05) is 0 Å². The van der Waals surface area contributed by atoms with Crippen LogP contribution in [-0.2, 0) is 15.8 Å². The zero-order valence-electron chi connectivity index (χ0n) is 11.1. The van der Waals surface area contributed by atoms with Crippen LogP contribution in [0, 0.1) is 0 Å². The molecule has 0 unspecified atom stereocenters. The molecule has 118 valence electrons. The molecule has 4 aliphatic rings. The van der Waals surface area contributed by atoms with E-state index in [2.05, 4.69) is 14.9 Å². The number of nitrogens with zero attached hydrogens (tertiary/aromatic N) is 2. The van der Waals surface area contributed by atoms with Crippen molar-refractivity contribution < 1.29 is 22.3 Å². The summed E-state index contributed by atoms with van der Waals surface area (Å²) in [7, 11) is 0. The molecule has 4 aliphatic carbocycles. The average molecular weight is 326 g/mol. The van der Waals surface area contributed by atoms with Crippen molar-refractivity contribution in [2.75, 3.05) is 0 Å². The quantitative estimate of drug-likeness (QED) is 0.924. The number of hydrogen-bond acceptors (Lipinski definition) is 5. The monoisotopic (exact) mass is 325 g/mol. The second-order valence-electron chi connectivity index (χ2n) is 6.48. The second-order valence-corrected chi connectivity index (χ2v) is 6.48. The molecule has 4 saturated carbocycles. The van der Waals surface area contributed by atoms with Crippen LogP contribution in [0.2, 0.25) is 0 Å². The van der Waals surface area contributed by atoms with Crippen molar-refractivity contribution in [1.29, 1.82) is 0 Å². The Hall–Kier alpha value is -0.860. The Balaban J connectivity index is 0.00000132. The van der Waals surface area contributed by atoms with Gasteiger partial charge in [0.2, 0.25) is 11.8 Å². The Morgan fingerprint density at radius 3 is 2.10 bits per heavy atom. The molecule has 0 radical (unpaired) electrons. The lowest BCUT2D eigenvalue weighted by Crippen LogP contribution is -2.74. The van der Waals surface area contributed by atoms with Gasteiger partial charge in [-0.3, -0.25) is 4.74 Å². The van der Waals surface area contributed by atoms with Crippen molar-refractivity contribution in [3.63, 3.8) is 0 Å². The van der Waals surface area contributed by atoms with E-state index in [-0.39, 0.29) is 42.1 Å². The van der Waals surface area contributed by atoms with Gasteiger partial charge in [-0.05, 0) is 38.5 Å². The standard InChI is InChI=1S/C12H14F3N3O2.ClH/c13-12(14,15)20-11(2-1-3-11)8-18-17-7(19-8)9-4-10(16,5-9)6-9;/h1-6,16H2;1H. The number of aromatic nitrogens is 2. The van der Waals surface area contributed by atoms with E-state index < -0.39 is 12.0 Å². The molecule has 1 aromatic heterocycles. The van der Waals surface area contributed by atoms with Gasteiger partial charge in [0.05, 0.1) is 5.41 Å². The van der Waals surface area contributed by atoms with Gasteiger partial charge in [-0.25, -0.2) is 0 Å². The molecule has 2 bridgehead atoms. The van der Waals surface area contributed by atoms with Gasteiger partial charge in [0.1, 0.15) is 0 Å². The van der Waals surface area contributed by atoms with Crippen LogP contribution >= 0.6 is 12.4 Å². The SMILES string of the molecule is Cl.NC12CC(c3nnc(C4(OC(F)(F)F)CCC4)o3)(C1)C2. The molecule has 1 heterocycles. The van der Waals surface area contributed by atoms with Gasteiger partial charge in [0.25, 0.3) is 0 Å². The highest BCUT2D eigenvalue weighted by Gasteiger charge is 2.69. The number of ether oxygens (including phenoxy) is 1. The van der Waals surface area contributed by atoms with Crippen LogP contribution in [0.3, 0.4) is 0 Å². The van der Waals surface area contributed by atoms with E-state index in [4.69, 9.17) is 10.2 Å². The Bertz CT molecular complexity index is 551. The third-order valence-electron chi connectivity index (χ3n) is 4.81. The summed E-state index contributed by atoms with van der Waals surface area (Å²) < 4.78 is 47.3. The largest absolute Gasteiger partial charge is 0.523 e. The number of nitrogens with two attached hydrogens (primary N) is 1. The fourth-order valence-electron chi connectivity index (χ4n) is 3.79. The van der Waals surface area contributed by atoms with Crippen molar-refractivity contribution >= 4 is 12.4 Å². The van der Waals surface area contributed by atoms with E-state index in [1.165, 1.54) is 0 Å². The lowest BCUT2D eigenvalue weighted by Gasteiger charge is -2.66. The lowest BCUT2D eigenvalue weighted by atomic mass is 9.40. The highest BCUT2D eigenvalue weighted by molar-refractivity contribution is 5.85. The zero-order valence-corrected chi connectivity index (χ0v) is 11.9. The number of rotatable bonds is 3. The number of halogens is 4. The fourth-order valence-corrected chi connectivity index (χ4v) is 3.79. The van der Waals surface area contributed by atoms with E-state index in [0.29, 0.717) is 12.3 Å². The Morgan fingerprint density at radius 2 is 1.67 bits per heavy atom. The average Bonchev–Trinajstić information content (AvgIpc) is 2.65. The Morgan fingerprint density at radius 1 is 1.10 bits per heavy atom. The molecule has 0 aromatic carbocycles. The van der Waals surface area contributed by atoms with Crippen LogP contribution in [0.25, 0.3) is 0 Å². The number of alkyl halides is 3. The van der Waals surface area contributed by atoms with Crippen LogP contribution in [0.15, 0.2) is 4.42 Å². The summed E-state index contributed by atoms with van der Waals surface area (Å²) >= 11 is 0. The summed E-state index contributed by atoms with van der Waals surface area (Å²) in [4.78, 5) is 0. The molecule has 4 fully saturated rings. The third-order valence-corrected chi connectivity index (χ3v) is 4.81. The highest BCUT2D eigenvalue weighted by Crippen LogP contribution is 2.66. The molecule has 21 heavy (non-hydrogen) atoms. The lowest BCUT2D eigenvalue weighted by molar-refractivity contribution is -0.387. The van der Waals surface area contributed by atoms with Crippen molar-refractivity contribution in [3.8, 4) is 0 Å². The van der Waals surface area contributed by atoms with E-state index in [1.54, 1.807) is 0 Å². The molecule has 1 aromatic rings. The van der Waals surface area contributed by atoms with E-state index in [0.717, 1.165) is 19.3 Å². The van der Waals surface area contributed by atoms with Crippen molar-refractivity contribution in [1.82, 2.24) is 10.2 Å². The summed E-state index contributed by atoms with van der Waals surface area (Å²) in [5.41, 5.74) is 4.17. The van der Waals surface area contributed by atoms with E-state index in [1.807, 2.05) is 0 Å². The van der Waals surface area contributed by atoms with Crippen LogP contribution in [0.5, 0.6) is 0 Å². The second kappa shape index (κ2) is 4.11. The molecule has 0 spiro atoms. The van der Waals surface area contributed by atoms with Gasteiger partial charge in [0, 0.05) is 5.54 Å². The maximum absolute atomic E-state index is 12.5. The van der Waals surface area contributed by atoms with E-state index in [9.17, 15) is 13.2 Å². The minimum atomic E-state index is -4.70. The molecule has 0 saturated heterocycles. The molecule has 0 atom stereocenters. The molecule has 0 aliphatic heterocycles. The molecule has 2 N–H and O–H groups in total. The topological polar surface area (TPSA) is 74.2 Å². The number of hydrogen-bond donors (Lipinski definition) is 1. The van der Waals surface area contributed by atoms with E-state index >= 15 is 0 Å². The van der Waals surface area contributed by atoms with Crippen molar-refractivity contribution in [3.05, 3.63) is 11.8 Å². The molecular formula is C12H15ClF3N3O2. The summed E-state index contributed by atoms with van der Waals surface area (Å²) in [6, 6.07) is 0. The third kappa shape index (κ3) is 2.07. The molecular weight excluding hydrogens is 311 g/mol. The van der Waals surface area contributed by atoms with Gasteiger partial charge >= 0.3 is 6.36 Å². The van der Waals surface area contributed by atoms with Crippen LogP contribution < -0.4 is 5.73 Å². The summed E-state index contributed by atoms with van der Waals surface area (Å²) in [6.45, 7) is 0. The maximum Gasteiger partial charge on any atom is 0.523 e. The van der Waals surface area contributed by atoms with Gasteiger partial charge in [0.15, 0.2) is 5.60 Å². The first-order valence-electron chi connectivity index (χ1n) is 6.65. The van der Waals surface area contributed by atoms with Crippen LogP contribution in [0.1, 0.15) is 50.3 Å². The van der Waals surface area contributed by atoms with Gasteiger partial charge < -0.3 is 10.2 Å². The van der Waals surface area contributed by atoms with Crippen molar-refractivity contribution in [2.45, 2.75) is 61.4 Å². The predicted octanol–water partition coefficient (Wildman–Crippen LogP) is 2.54. The first-order valence-corrected chi connectivity index (χ1v) is 6.65. The predicted molar refractivity (Wildman–Crippen MR) is 66.7 cm³/mol. The molecule has 9 heteroatoms. The zero-order chi connectivity index (χ0) is 14.2. The summed E-state index contributed by atoms with van der Waals surface area (Å²) in [5, 5.41) is 7.74. The molecule has 0 amide bonds. The Kier molecular flexibility index (Phi) is 2.95. The van der Waals surface area contributed by atoms with Gasteiger partial charge in [-0.2, -0.15) is 0 Å². The maximum atomic E-state index is 12.5. The van der Waals surface area contributed by atoms with Crippen LogP contribution in [0.4, 0.5) is 13.2 Å². The van der Waals surface area contributed by atoms with Crippen LogP contribution in [-0.4, -0.2) is 22.1 Å². The minimum absolute atomic E-state index is 0. The fraction of sp³-hybridized carbons (Fsp3) is 0.833. The summed E-state index contributed by atoms with van der Waals surface area (Å²) in [5.74, 6) is 0.365. The smallest absolute Gasteiger partial charge is 0.421 e. The molecule has 5 nitrogen and oxygen atoms in total. The normalized spacial score (nSPS) is 36.0. The van der Waals surface area contributed by atoms with Gasteiger partial charge in [-0.15, -0.1) is 35.8 Å². The first kappa shape index (κ1) is 15.1. The summed E-state index contributed by atoms with van der Waals surface area (Å²) in [6.07, 6.45) is -1.22.